The predicted octanol–water partition coefficient (Wildman–Crippen LogP) is 0.750. The molecule has 0 unspecified atom stereocenters. The largest absolute Gasteiger partial charge is 0.493 e. The van der Waals surface area contributed by atoms with Crippen molar-refractivity contribution in [3.8, 4) is 11.5 Å². The Hall–Kier alpha value is -1.33. The summed E-state index contributed by atoms with van der Waals surface area (Å²) in [5.74, 6) is 1.44. The van der Waals surface area contributed by atoms with Gasteiger partial charge in [-0.05, 0) is 14.1 Å². The van der Waals surface area contributed by atoms with Crippen LogP contribution < -0.4 is 14.8 Å². The molecule has 96 valence electrons. The summed E-state index contributed by atoms with van der Waals surface area (Å²) in [6.07, 6.45) is 1.74. The monoisotopic (exact) mass is 239 g/mol. The van der Waals surface area contributed by atoms with Crippen LogP contribution in [0.4, 0.5) is 0 Å². The highest BCUT2D eigenvalue weighted by Gasteiger charge is 2.12. The molecule has 0 bridgehead atoms. The zero-order valence-corrected chi connectivity index (χ0v) is 11.0. The van der Waals surface area contributed by atoms with Gasteiger partial charge in [-0.3, -0.25) is 9.88 Å². The van der Waals surface area contributed by atoms with Crippen molar-refractivity contribution in [1.29, 1.82) is 0 Å². The van der Waals surface area contributed by atoms with Gasteiger partial charge in [0, 0.05) is 31.9 Å². The van der Waals surface area contributed by atoms with Crippen molar-refractivity contribution in [3.05, 3.63) is 18.0 Å². The van der Waals surface area contributed by atoms with Gasteiger partial charge in [-0.2, -0.15) is 0 Å². The summed E-state index contributed by atoms with van der Waals surface area (Å²) in [6.45, 7) is 2.64. The van der Waals surface area contributed by atoms with Crippen molar-refractivity contribution in [1.82, 2.24) is 15.2 Å². The number of likely N-dealkylation sites (N-methyl/N-ethyl adjacent to an activating group) is 2. The number of ether oxygens (including phenoxy) is 2. The lowest BCUT2D eigenvalue weighted by atomic mass is 10.3. The van der Waals surface area contributed by atoms with E-state index in [1.807, 2.05) is 7.05 Å². The molecule has 0 radical (unpaired) electrons. The van der Waals surface area contributed by atoms with E-state index in [9.17, 15) is 0 Å². The topological polar surface area (TPSA) is 46.6 Å². The molecule has 1 N–H and O–H groups in total. The summed E-state index contributed by atoms with van der Waals surface area (Å²) >= 11 is 0. The Kier molecular flexibility index (Phi) is 5.72. The molecule has 0 aromatic carbocycles. The molecule has 1 aromatic rings. The van der Waals surface area contributed by atoms with E-state index in [4.69, 9.17) is 9.47 Å². The smallest absolute Gasteiger partial charge is 0.183 e. The third-order valence-corrected chi connectivity index (χ3v) is 2.53. The minimum absolute atomic E-state index is 0.714. The van der Waals surface area contributed by atoms with E-state index >= 15 is 0 Å². The minimum Gasteiger partial charge on any atom is -0.493 e. The maximum Gasteiger partial charge on any atom is 0.183 e. The minimum atomic E-state index is 0.714. The van der Waals surface area contributed by atoms with Crippen molar-refractivity contribution >= 4 is 0 Å². The molecule has 0 saturated heterocycles. The fourth-order valence-electron chi connectivity index (χ4n) is 1.60. The molecule has 1 aromatic heterocycles. The zero-order valence-electron chi connectivity index (χ0n) is 11.0. The fraction of sp³-hybridized carbons (Fsp3) is 0.583. The Bertz CT molecular complexity index is 345. The number of hydrogen-bond donors (Lipinski definition) is 1. The summed E-state index contributed by atoms with van der Waals surface area (Å²) < 4.78 is 10.6. The highest BCUT2D eigenvalue weighted by Crippen LogP contribution is 2.29. The molecule has 1 rings (SSSR count). The molecule has 1 heterocycles. The first-order chi connectivity index (χ1) is 8.22. The zero-order chi connectivity index (χ0) is 12.7. The summed E-state index contributed by atoms with van der Waals surface area (Å²) in [6, 6.07) is 1.80. The molecule has 0 aliphatic carbocycles. The van der Waals surface area contributed by atoms with Crippen molar-refractivity contribution in [3.63, 3.8) is 0 Å². The molecule has 0 spiro atoms. The first kappa shape index (κ1) is 13.7. The maximum absolute atomic E-state index is 5.34. The van der Waals surface area contributed by atoms with E-state index < -0.39 is 0 Å². The number of nitrogens with one attached hydrogen (secondary N) is 1. The van der Waals surface area contributed by atoms with E-state index in [1.165, 1.54) is 0 Å². The van der Waals surface area contributed by atoms with Gasteiger partial charge in [-0.25, -0.2) is 0 Å². The van der Waals surface area contributed by atoms with E-state index in [2.05, 4.69) is 22.2 Å². The molecule has 0 amide bonds. The Morgan fingerprint density at radius 2 is 2.12 bits per heavy atom. The second kappa shape index (κ2) is 7.09. The summed E-state index contributed by atoms with van der Waals surface area (Å²) in [5.41, 5.74) is 0.894. The lowest BCUT2D eigenvalue weighted by Gasteiger charge is -2.18. The standard InChI is InChI=1S/C12H21N3O2/c1-13-7-8-15(2)9-10-12(17-4)11(16-3)5-6-14-10/h5-6,13H,7-9H2,1-4H3. The average Bonchev–Trinajstić information content (AvgIpc) is 2.35. The molecule has 17 heavy (non-hydrogen) atoms. The summed E-state index contributed by atoms with van der Waals surface area (Å²) in [5, 5.41) is 3.12. The van der Waals surface area contributed by atoms with Crippen LogP contribution in [-0.4, -0.2) is 51.3 Å². The number of aromatic nitrogens is 1. The lowest BCUT2D eigenvalue weighted by Crippen LogP contribution is -2.27. The first-order valence-corrected chi connectivity index (χ1v) is 5.62. The molecule has 0 atom stereocenters. The number of hydrogen-bond acceptors (Lipinski definition) is 5. The van der Waals surface area contributed by atoms with Gasteiger partial charge < -0.3 is 14.8 Å². The summed E-state index contributed by atoms with van der Waals surface area (Å²) in [4.78, 5) is 6.52. The number of nitrogens with zero attached hydrogens (tertiary/aromatic N) is 2. The Morgan fingerprint density at radius 3 is 2.71 bits per heavy atom. The van der Waals surface area contributed by atoms with E-state index in [0.717, 1.165) is 31.1 Å². The van der Waals surface area contributed by atoms with Gasteiger partial charge in [0.1, 0.15) is 5.69 Å². The third kappa shape index (κ3) is 3.87. The quantitative estimate of drug-likeness (QED) is 0.761. The van der Waals surface area contributed by atoms with Gasteiger partial charge in [0.15, 0.2) is 11.5 Å². The van der Waals surface area contributed by atoms with Gasteiger partial charge in [0.05, 0.1) is 14.2 Å². The van der Waals surface area contributed by atoms with Gasteiger partial charge in [0.25, 0.3) is 0 Å². The normalized spacial score (nSPS) is 10.6. The highest BCUT2D eigenvalue weighted by atomic mass is 16.5. The van der Waals surface area contributed by atoms with Crippen LogP contribution in [0.25, 0.3) is 0 Å². The van der Waals surface area contributed by atoms with Gasteiger partial charge in [-0.15, -0.1) is 0 Å². The predicted molar refractivity (Wildman–Crippen MR) is 67.6 cm³/mol. The molecule has 0 saturated carbocycles. The van der Waals surface area contributed by atoms with Crippen molar-refractivity contribution in [2.45, 2.75) is 6.54 Å². The van der Waals surface area contributed by atoms with E-state index in [-0.39, 0.29) is 0 Å². The molecule has 5 heteroatoms. The Balaban J connectivity index is 2.75. The third-order valence-electron chi connectivity index (χ3n) is 2.53. The van der Waals surface area contributed by atoms with Crippen LogP contribution in [-0.2, 0) is 6.54 Å². The van der Waals surface area contributed by atoms with Crippen molar-refractivity contribution in [2.75, 3.05) is 41.4 Å². The molecule has 5 nitrogen and oxygen atoms in total. The van der Waals surface area contributed by atoms with Crippen LogP contribution >= 0.6 is 0 Å². The Morgan fingerprint density at radius 1 is 1.35 bits per heavy atom. The van der Waals surface area contributed by atoms with E-state index in [0.29, 0.717) is 5.75 Å². The van der Waals surface area contributed by atoms with Crippen LogP contribution in [0.15, 0.2) is 12.3 Å². The molecule has 0 fully saturated rings. The van der Waals surface area contributed by atoms with Crippen LogP contribution in [0, 0.1) is 0 Å². The number of pyridine rings is 1. The molecular weight excluding hydrogens is 218 g/mol. The molecule has 0 aliphatic rings. The van der Waals surface area contributed by atoms with E-state index in [1.54, 1.807) is 26.5 Å². The Labute approximate surface area is 103 Å². The first-order valence-electron chi connectivity index (χ1n) is 5.62. The molecule has 0 aliphatic heterocycles. The maximum atomic E-state index is 5.34. The lowest BCUT2D eigenvalue weighted by molar-refractivity contribution is 0.305. The van der Waals surface area contributed by atoms with Crippen LogP contribution in [0.2, 0.25) is 0 Å². The number of methoxy groups -OCH3 is 2. The van der Waals surface area contributed by atoms with Crippen molar-refractivity contribution in [2.24, 2.45) is 0 Å². The number of rotatable bonds is 7. The van der Waals surface area contributed by atoms with Crippen LogP contribution in [0.3, 0.4) is 0 Å². The fourth-order valence-corrected chi connectivity index (χ4v) is 1.60. The van der Waals surface area contributed by atoms with Gasteiger partial charge in [0.2, 0.25) is 0 Å². The van der Waals surface area contributed by atoms with Crippen LogP contribution in [0.1, 0.15) is 5.69 Å². The van der Waals surface area contributed by atoms with Crippen LogP contribution in [0.5, 0.6) is 11.5 Å². The second-order valence-corrected chi connectivity index (χ2v) is 3.83. The second-order valence-electron chi connectivity index (χ2n) is 3.83. The molecular formula is C12H21N3O2. The van der Waals surface area contributed by atoms with Crippen molar-refractivity contribution < 1.29 is 9.47 Å². The SMILES string of the molecule is CNCCN(C)Cc1nccc(OC)c1OC. The van der Waals surface area contributed by atoms with Gasteiger partial charge >= 0.3 is 0 Å². The van der Waals surface area contributed by atoms with Gasteiger partial charge in [-0.1, -0.05) is 0 Å². The highest BCUT2D eigenvalue weighted by molar-refractivity contribution is 5.42. The summed E-state index contributed by atoms with van der Waals surface area (Å²) in [7, 11) is 7.26. The average molecular weight is 239 g/mol.